The number of methoxy groups -OCH3 is 1. The maximum Gasteiger partial charge on any atom is 0.511 e. The molecular weight excluding hydrogens is 378 g/mol. The first-order valence-electron chi connectivity index (χ1n) is 9.52. The molecule has 0 radical (unpaired) electrons. The molecule has 0 spiro atoms. The molecule has 1 aliphatic heterocycles. The van der Waals surface area contributed by atoms with E-state index in [4.69, 9.17) is 18.9 Å². The van der Waals surface area contributed by atoms with Crippen molar-refractivity contribution in [1.82, 2.24) is 14.8 Å². The number of nitrogens with one attached hydrogen (secondary N) is 1. The molecule has 1 fully saturated rings. The normalized spacial score (nSPS) is 16.2. The molecule has 1 N–H and O–H groups in total. The number of ether oxygens (including phenoxy) is 4. The Morgan fingerprint density at radius 3 is 2.79 bits per heavy atom. The molecule has 1 unspecified atom stereocenters. The molecule has 29 heavy (non-hydrogen) atoms. The molecule has 1 aliphatic rings. The van der Waals surface area contributed by atoms with Crippen LogP contribution in [-0.2, 0) is 20.6 Å². The van der Waals surface area contributed by atoms with Crippen molar-refractivity contribution in [1.29, 1.82) is 0 Å². The van der Waals surface area contributed by atoms with Gasteiger partial charge in [-0.25, -0.2) is 9.59 Å². The van der Waals surface area contributed by atoms with Crippen LogP contribution in [0.5, 0.6) is 5.75 Å². The lowest BCUT2D eigenvalue weighted by atomic mass is 10.1. The van der Waals surface area contributed by atoms with Crippen molar-refractivity contribution in [2.75, 3.05) is 47.6 Å². The number of hydrogen-bond acceptors (Lipinski definition) is 8. The molecule has 1 atom stereocenters. The van der Waals surface area contributed by atoms with Gasteiger partial charge in [-0.2, -0.15) is 0 Å². The molecule has 1 aromatic carbocycles. The summed E-state index contributed by atoms with van der Waals surface area (Å²) in [5.41, 5.74) is 1.70. The smallest absolute Gasteiger partial charge is 0.497 e. The lowest BCUT2D eigenvalue weighted by Gasteiger charge is -2.11. The van der Waals surface area contributed by atoms with Crippen molar-refractivity contribution in [3.05, 3.63) is 30.0 Å². The molecule has 158 valence electrons. The fourth-order valence-corrected chi connectivity index (χ4v) is 3.20. The van der Waals surface area contributed by atoms with E-state index in [1.165, 1.54) is 4.57 Å². The number of aromatic nitrogens is 1. The van der Waals surface area contributed by atoms with E-state index < -0.39 is 19.0 Å². The second-order valence-electron chi connectivity index (χ2n) is 7.12. The van der Waals surface area contributed by atoms with E-state index in [1.54, 1.807) is 25.4 Å². The van der Waals surface area contributed by atoms with Gasteiger partial charge in [0.15, 0.2) is 0 Å². The molecule has 0 aliphatic carbocycles. The van der Waals surface area contributed by atoms with Crippen LogP contribution in [-0.4, -0.2) is 75.5 Å². The van der Waals surface area contributed by atoms with Crippen molar-refractivity contribution in [3.8, 4) is 5.75 Å². The SMILES string of the molecule is COc1ccc2c(c1)c(CCN(C)C)cn2C(=O)OCOC(=O)OC1CCNC1. The van der Waals surface area contributed by atoms with Gasteiger partial charge in [-0.1, -0.05) is 0 Å². The van der Waals surface area contributed by atoms with Gasteiger partial charge in [0.1, 0.15) is 11.9 Å². The fraction of sp³-hybridized carbons (Fsp3) is 0.500. The molecule has 9 heteroatoms. The number of likely N-dealkylation sites (N-methyl/N-ethyl adjacent to an activating group) is 1. The molecular formula is C20H27N3O6. The second-order valence-corrected chi connectivity index (χ2v) is 7.12. The van der Waals surface area contributed by atoms with Gasteiger partial charge in [-0.05, 0) is 57.2 Å². The number of fused-ring (bicyclic) bond motifs is 1. The van der Waals surface area contributed by atoms with Crippen LogP contribution in [0.3, 0.4) is 0 Å². The first-order chi connectivity index (χ1) is 14.0. The van der Waals surface area contributed by atoms with Crippen LogP contribution < -0.4 is 10.1 Å². The van der Waals surface area contributed by atoms with Gasteiger partial charge in [0, 0.05) is 24.7 Å². The van der Waals surface area contributed by atoms with E-state index in [1.807, 2.05) is 20.2 Å². The van der Waals surface area contributed by atoms with Crippen LogP contribution in [0.25, 0.3) is 10.9 Å². The highest BCUT2D eigenvalue weighted by atomic mass is 16.8. The summed E-state index contributed by atoms with van der Waals surface area (Å²) >= 11 is 0. The Hall–Kier alpha value is -2.78. The quantitative estimate of drug-likeness (QED) is 0.554. The maximum atomic E-state index is 12.5. The average molecular weight is 405 g/mol. The predicted octanol–water partition coefficient (Wildman–Crippen LogP) is 2.21. The molecule has 1 aromatic heterocycles. The van der Waals surface area contributed by atoms with Crippen molar-refractivity contribution in [2.45, 2.75) is 18.9 Å². The minimum absolute atomic E-state index is 0.208. The van der Waals surface area contributed by atoms with E-state index >= 15 is 0 Å². The zero-order valence-electron chi connectivity index (χ0n) is 17.0. The molecule has 0 bridgehead atoms. The summed E-state index contributed by atoms with van der Waals surface area (Å²) in [5.74, 6) is 0.710. The average Bonchev–Trinajstić information content (AvgIpc) is 3.33. The standard InChI is InChI=1S/C20H27N3O6/c1-22(2)9-7-14-12-23(18-5-4-15(26-3)10-17(14)18)19(24)27-13-28-20(25)29-16-6-8-21-11-16/h4-5,10,12,16,21H,6-9,11,13H2,1-3H3. The number of rotatable bonds is 7. The molecule has 0 amide bonds. The first kappa shape index (κ1) is 20.9. The number of hydrogen-bond donors (Lipinski definition) is 1. The van der Waals surface area contributed by atoms with Crippen LogP contribution in [0.4, 0.5) is 9.59 Å². The third kappa shape index (κ3) is 5.39. The molecule has 2 aromatic rings. The Balaban J connectivity index is 1.65. The van der Waals surface area contributed by atoms with Gasteiger partial charge < -0.3 is 29.2 Å². The fourth-order valence-electron chi connectivity index (χ4n) is 3.20. The maximum absolute atomic E-state index is 12.5. The second kappa shape index (κ2) is 9.62. The van der Waals surface area contributed by atoms with E-state index in [2.05, 4.69) is 10.2 Å². The molecule has 1 saturated heterocycles. The number of benzene rings is 1. The van der Waals surface area contributed by atoms with Crippen LogP contribution >= 0.6 is 0 Å². The lowest BCUT2D eigenvalue weighted by molar-refractivity contribution is -0.0262. The summed E-state index contributed by atoms with van der Waals surface area (Å²) in [6, 6.07) is 5.48. The first-order valence-corrected chi connectivity index (χ1v) is 9.52. The largest absolute Gasteiger partial charge is 0.511 e. The summed E-state index contributed by atoms with van der Waals surface area (Å²) < 4.78 is 21.8. The van der Waals surface area contributed by atoms with Crippen molar-refractivity contribution >= 4 is 23.2 Å². The topological polar surface area (TPSA) is 91.3 Å². The van der Waals surface area contributed by atoms with Gasteiger partial charge in [-0.3, -0.25) is 4.57 Å². The van der Waals surface area contributed by atoms with E-state index in [-0.39, 0.29) is 6.10 Å². The van der Waals surface area contributed by atoms with Crippen LogP contribution in [0.2, 0.25) is 0 Å². The highest BCUT2D eigenvalue weighted by Crippen LogP contribution is 2.27. The molecule has 9 nitrogen and oxygen atoms in total. The predicted molar refractivity (Wildman–Crippen MR) is 106 cm³/mol. The summed E-state index contributed by atoms with van der Waals surface area (Å²) in [5, 5.41) is 4.00. The van der Waals surface area contributed by atoms with E-state index in [0.29, 0.717) is 17.8 Å². The highest BCUT2D eigenvalue weighted by Gasteiger charge is 2.20. The monoisotopic (exact) mass is 405 g/mol. The van der Waals surface area contributed by atoms with Gasteiger partial charge >= 0.3 is 12.2 Å². The van der Waals surface area contributed by atoms with Gasteiger partial charge in [0.2, 0.25) is 6.79 Å². The Morgan fingerprint density at radius 2 is 2.10 bits per heavy atom. The third-order valence-corrected chi connectivity index (χ3v) is 4.76. The van der Waals surface area contributed by atoms with Crippen molar-refractivity contribution in [2.24, 2.45) is 0 Å². The molecule has 2 heterocycles. The minimum atomic E-state index is -0.847. The number of nitrogens with zero attached hydrogens (tertiary/aromatic N) is 2. The summed E-state index contributed by atoms with van der Waals surface area (Å²) in [6.45, 7) is 1.72. The Labute approximate surface area is 169 Å². The Morgan fingerprint density at radius 1 is 1.28 bits per heavy atom. The lowest BCUT2D eigenvalue weighted by Crippen LogP contribution is -2.23. The van der Waals surface area contributed by atoms with E-state index in [0.717, 1.165) is 36.9 Å². The van der Waals surface area contributed by atoms with Gasteiger partial charge in [0.05, 0.1) is 12.6 Å². The summed E-state index contributed by atoms with van der Waals surface area (Å²) in [7, 11) is 5.59. The van der Waals surface area contributed by atoms with Crippen molar-refractivity contribution < 1.29 is 28.5 Å². The zero-order valence-corrected chi connectivity index (χ0v) is 17.0. The van der Waals surface area contributed by atoms with Gasteiger partial charge in [-0.15, -0.1) is 0 Å². The molecule has 3 rings (SSSR count). The molecule has 0 saturated carbocycles. The Kier molecular flexibility index (Phi) is 6.95. The summed E-state index contributed by atoms with van der Waals surface area (Å²) in [6.07, 6.45) is 1.56. The van der Waals surface area contributed by atoms with Crippen LogP contribution in [0.1, 0.15) is 12.0 Å². The number of carbonyl (C=O) groups is 2. The highest BCUT2D eigenvalue weighted by molar-refractivity contribution is 5.92. The van der Waals surface area contributed by atoms with E-state index in [9.17, 15) is 9.59 Å². The number of carbonyl (C=O) groups excluding carboxylic acids is 2. The summed E-state index contributed by atoms with van der Waals surface area (Å²) in [4.78, 5) is 26.3. The minimum Gasteiger partial charge on any atom is -0.497 e. The Bertz CT molecular complexity index is 857. The van der Waals surface area contributed by atoms with Crippen molar-refractivity contribution in [3.63, 3.8) is 0 Å². The third-order valence-electron chi connectivity index (χ3n) is 4.76. The van der Waals surface area contributed by atoms with Gasteiger partial charge in [0.25, 0.3) is 0 Å². The zero-order chi connectivity index (χ0) is 20.8. The van der Waals surface area contributed by atoms with Crippen LogP contribution in [0, 0.1) is 0 Å². The van der Waals surface area contributed by atoms with Crippen LogP contribution in [0.15, 0.2) is 24.4 Å².